The number of thioether (sulfide) groups is 1. The summed E-state index contributed by atoms with van der Waals surface area (Å²) >= 11 is 1.11. The van der Waals surface area contributed by atoms with E-state index in [9.17, 15) is 14.9 Å². The highest BCUT2D eigenvalue weighted by atomic mass is 32.2. The Balaban J connectivity index is 1.79. The number of aryl methyl sites for hydroxylation is 2. The van der Waals surface area contributed by atoms with Crippen LogP contribution in [0.2, 0.25) is 0 Å². The zero-order valence-corrected chi connectivity index (χ0v) is 16.3. The summed E-state index contributed by atoms with van der Waals surface area (Å²) in [6, 6.07) is 16.8. The molecule has 1 heterocycles. The molecule has 7 heteroatoms. The third kappa shape index (κ3) is 4.67. The number of carbonyl (C=O) groups is 1. The van der Waals surface area contributed by atoms with Gasteiger partial charge in [0.25, 0.3) is 5.56 Å². The Morgan fingerprint density at radius 3 is 2.61 bits per heavy atom. The number of hydrogen-bond donors (Lipinski definition) is 2. The summed E-state index contributed by atoms with van der Waals surface area (Å²) in [7, 11) is 0. The number of H-pyrrole nitrogens is 1. The number of anilines is 1. The Morgan fingerprint density at radius 2 is 1.93 bits per heavy atom. The van der Waals surface area contributed by atoms with E-state index in [0.29, 0.717) is 22.1 Å². The van der Waals surface area contributed by atoms with Gasteiger partial charge in [0.15, 0.2) is 5.16 Å². The fourth-order valence-corrected chi connectivity index (χ4v) is 3.26. The molecule has 0 atom stereocenters. The zero-order chi connectivity index (χ0) is 20.1. The summed E-state index contributed by atoms with van der Waals surface area (Å²) in [5.41, 5.74) is 3.26. The Bertz CT molecular complexity index is 1110. The van der Waals surface area contributed by atoms with E-state index in [1.807, 2.05) is 68.4 Å². The van der Waals surface area contributed by atoms with Crippen LogP contribution in [0.5, 0.6) is 0 Å². The Kier molecular flexibility index (Phi) is 5.92. The molecule has 0 saturated heterocycles. The topological polar surface area (TPSA) is 98.6 Å². The van der Waals surface area contributed by atoms with Crippen molar-refractivity contribution >= 4 is 23.4 Å². The molecule has 1 amide bonds. The van der Waals surface area contributed by atoms with Gasteiger partial charge in [0.05, 0.1) is 11.4 Å². The highest BCUT2D eigenvalue weighted by molar-refractivity contribution is 7.99. The number of amides is 1. The average Bonchev–Trinajstić information content (AvgIpc) is 2.66. The van der Waals surface area contributed by atoms with Gasteiger partial charge in [-0.2, -0.15) is 5.26 Å². The monoisotopic (exact) mass is 390 g/mol. The number of nitrogens with one attached hydrogen (secondary N) is 2. The van der Waals surface area contributed by atoms with E-state index < -0.39 is 5.56 Å². The van der Waals surface area contributed by atoms with Crippen molar-refractivity contribution in [2.75, 3.05) is 11.1 Å². The number of carbonyl (C=O) groups excluding carboxylic acids is 1. The summed E-state index contributed by atoms with van der Waals surface area (Å²) < 4.78 is 0. The lowest BCUT2D eigenvalue weighted by Gasteiger charge is -2.08. The first-order chi connectivity index (χ1) is 13.5. The molecule has 0 unspecified atom stereocenters. The lowest BCUT2D eigenvalue weighted by Crippen LogP contribution is -2.17. The van der Waals surface area contributed by atoms with Crippen LogP contribution in [0.15, 0.2) is 58.5 Å². The minimum absolute atomic E-state index is 0.0441. The molecule has 0 aliphatic heterocycles. The third-order valence-electron chi connectivity index (χ3n) is 3.98. The number of benzene rings is 2. The number of aromatic amines is 1. The van der Waals surface area contributed by atoms with Crippen LogP contribution in [0.3, 0.4) is 0 Å². The second kappa shape index (κ2) is 8.55. The van der Waals surface area contributed by atoms with Gasteiger partial charge in [-0.25, -0.2) is 4.98 Å². The Morgan fingerprint density at radius 1 is 1.18 bits per heavy atom. The van der Waals surface area contributed by atoms with E-state index in [1.54, 1.807) is 0 Å². The standard InChI is InChI=1S/C21H18N4O2S/c1-13-6-8-15(9-7-13)19-17(11-22)20(27)25-21(24-19)28-12-18(26)23-16-5-3-4-14(2)10-16/h3-10H,12H2,1-2H3,(H,23,26)(H,24,25,27). The molecule has 0 bridgehead atoms. The van der Waals surface area contributed by atoms with Gasteiger partial charge in [-0.05, 0) is 31.5 Å². The molecule has 28 heavy (non-hydrogen) atoms. The number of hydrogen-bond acceptors (Lipinski definition) is 5. The highest BCUT2D eigenvalue weighted by Gasteiger charge is 2.14. The van der Waals surface area contributed by atoms with Crippen LogP contribution in [0.4, 0.5) is 5.69 Å². The molecule has 0 aliphatic rings. The van der Waals surface area contributed by atoms with Crippen molar-refractivity contribution in [2.24, 2.45) is 0 Å². The van der Waals surface area contributed by atoms with Crippen LogP contribution in [-0.4, -0.2) is 21.6 Å². The maximum absolute atomic E-state index is 12.3. The minimum Gasteiger partial charge on any atom is -0.325 e. The van der Waals surface area contributed by atoms with Crippen molar-refractivity contribution in [3.8, 4) is 17.3 Å². The van der Waals surface area contributed by atoms with Gasteiger partial charge >= 0.3 is 0 Å². The Hall–Kier alpha value is -3.37. The van der Waals surface area contributed by atoms with Gasteiger partial charge in [0.1, 0.15) is 11.6 Å². The quantitative estimate of drug-likeness (QED) is 0.512. The molecule has 0 radical (unpaired) electrons. The lowest BCUT2D eigenvalue weighted by atomic mass is 10.1. The van der Waals surface area contributed by atoms with E-state index >= 15 is 0 Å². The fourth-order valence-electron chi connectivity index (χ4n) is 2.60. The van der Waals surface area contributed by atoms with Gasteiger partial charge < -0.3 is 10.3 Å². The van der Waals surface area contributed by atoms with Gasteiger partial charge in [0, 0.05) is 11.3 Å². The molecule has 140 valence electrons. The van der Waals surface area contributed by atoms with Crippen LogP contribution in [0, 0.1) is 25.2 Å². The van der Waals surface area contributed by atoms with Crippen molar-refractivity contribution < 1.29 is 4.79 Å². The smallest absolute Gasteiger partial charge is 0.270 e. The molecule has 0 saturated carbocycles. The number of nitriles is 1. The predicted molar refractivity (Wildman–Crippen MR) is 110 cm³/mol. The molecule has 3 aromatic rings. The van der Waals surface area contributed by atoms with E-state index in [0.717, 1.165) is 22.9 Å². The first kappa shape index (κ1) is 19.4. The van der Waals surface area contributed by atoms with Crippen molar-refractivity contribution in [1.29, 1.82) is 5.26 Å². The van der Waals surface area contributed by atoms with Crippen molar-refractivity contribution in [2.45, 2.75) is 19.0 Å². The minimum atomic E-state index is -0.519. The van der Waals surface area contributed by atoms with Crippen LogP contribution in [0.25, 0.3) is 11.3 Å². The van der Waals surface area contributed by atoms with Gasteiger partial charge in [0.2, 0.25) is 5.91 Å². The fraction of sp³-hybridized carbons (Fsp3) is 0.143. The van der Waals surface area contributed by atoms with Gasteiger partial charge in [-0.1, -0.05) is 53.7 Å². The van der Waals surface area contributed by atoms with Crippen molar-refractivity contribution in [3.63, 3.8) is 0 Å². The normalized spacial score (nSPS) is 10.3. The molecule has 0 aliphatic carbocycles. The summed E-state index contributed by atoms with van der Waals surface area (Å²) in [4.78, 5) is 31.4. The summed E-state index contributed by atoms with van der Waals surface area (Å²) in [6.07, 6.45) is 0. The summed E-state index contributed by atoms with van der Waals surface area (Å²) in [5.74, 6) is -0.129. The number of aromatic nitrogens is 2. The van der Waals surface area contributed by atoms with E-state index in [4.69, 9.17) is 0 Å². The molecule has 2 aromatic carbocycles. The molecule has 2 N–H and O–H groups in total. The zero-order valence-electron chi connectivity index (χ0n) is 15.4. The molecule has 3 rings (SSSR count). The second-order valence-electron chi connectivity index (χ2n) is 6.28. The van der Waals surface area contributed by atoms with Crippen LogP contribution in [-0.2, 0) is 4.79 Å². The third-order valence-corrected chi connectivity index (χ3v) is 4.85. The van der Waals surface area contributed by atoms with E-state index in [1.165, 1.54) is 0 Å². The predicted octanol–water partition coefficient (Wildman–Crippen LogP) is 3.66. The van der Waals surface area contributed by atoms with Crippen molar-refractivity contribution in [3.05, 3.63) is 75.6 Å². The number of nitrogens with zero attached hydrogens (tertiary/aromatic N) is 2. The SMILES string of the molecule is Cc1ccc(-c2nc(SCC(=O)Nc3cccc(C)c3)[nH]c(=O)c2C#N)cc1. The highest BCUT2D eigenvalue weighted by Crippen LogP contribution is 2.22. The first-order valence-corrected chi connectivity index (χ1v) is 9.55. The van der Waals surface area contributed by atoms with Crippen molar-refractivity contribution in [1.82, 2.24) is 9.97 Å². The van der Waals surface area contributed by atoms with Crippen LogP contribution >= 0.6 is 11.8 Å². The maximum Gasteiger partial charge on any atom is 0.270 e. The molecule has 0 spiro atoms. The van der Waals surface area contributed by atoms with Gasteiger partial charge in [-0.3, -0.25) is 9.59 Å². The molecular formula is C21H18N4O2S. The molecule has 6 nitrogen and oxygen atoms in total. The van der Waals surface area contributed by atoms with E-state index in [2.05, 4.69) is 15.3 Å². The summed E-state index contributed by atoms with van der Waals surface area (Å²) in [6.45, 7) is 3.90. The average molecular weight is 390 g/mol. The van der Waals surface area contributed by atoms with E-state index in [-0.39, 0.29) is 17.2 Å². The molecule has 0 fully saturated rings. The summed E-state index contributed by atoms with van der Waals surface area (Å²) in [5, 5.41) is 12.4. The number of rotatable bonds is 5. The molecular weight excluding hydrogens is 372 g/mol. The van der Waals surface area contributed by atoms with Gasteiger partial charge in [-0.15, -0.1) is 0 Å². The maximum atomic E-state index is 12.3. The molecule has 1 aromatic heterocycles. The first-order valence-electron chi connectivity index (χ1n) is 8.57. The lowest BCUT2D eigenvalue weighted by molar-refractivity contribution is -0.113. The second-order valence-corrected chi connectivity index (χ2v) is 7.24. The largest absolute Gasteiger partial charge is 0.325 e. The van der Waals surface area contributed by atoms with Crippen LogP contribution < -0.4 is 10.9 Å². The Labute approximate surface area is 166 Å². The van der Waals surface area contributed by atoms with Crippen LogP contribution in [0.1, 0.15) is 16.7 Å².